The number of rotatable bonds is 3. The molecule has 0 unspecified atom stereocenters. The number of thiazole rings is 1. The van der Waals surface area contributed by atoms with E-state index >= 15 is 0 Å². The van der Waals surface area contributed by atoms with Crippen LogP contribution < -0.4 is 4.90 Å². The van der Waals surface area contributed by atoms with Crippen molar-refractivity contribution in [3.8, 4) is 11.3 Å². The Morgan fingerprint density at radius 2 is 1.62 bits per heavy atom. The molecule has 4 nitrogen and oxygen atoms in total. The number of anilines is 1. The quantitative estimate of drug-likeness (QED) is 0.693. The summed E-state index contributed by atoms with van der Waals surface area (Å²) in [5.74, 6) is -0.536. The van der Waals surface area contributed by atoms with Crippen molar-refractivity contribution < 1.29 is 13.9 Å². The molecule has 0 spiro atoms. The number of aromatic nitrogens is 1. The second kappa shape index (κ2) is 6.34. The third kappa shape index (κ3) is 2.86. The lowest BCUT2D eigenvalue weighted by Gasteiger charge is -2.18. The van der Waals surface area contributed by atoms with Gasteiger partial charge < -0.3 is 10.0 Å². The van der Waals surface area contributed by atoms with Crippen molar-refractivity contribution in [1.82, 2.24) is 4.98 Å². The molecule has 2 heterocycles. The van der Waals surface area contributed by atoms with E-state index in [1.165, 1.54) is 35.6 Å². The van der Waals surface area contributed by atoms with Crippen LogP contribution in [0.15, 0.2) is 59.7 Å². The first-order chi connectivity index (χ1) is 12.5. The summed E-state index contributed by atoms with van der Waals surface area (Å²) in [6, 6.07) is 11.7. The number of nitrogens with zero attached hydrogens (tertiary/aromatic N) is 2. The van der Waals surface area contributed by atoms with Crippen LogP contribution in [0.4, 0.5) is 14.5 Å². The van der Waals surface area contributed by atoms with Crippen LogP contribution in [0.25, 0.3) is 16.8 Å². The van der Waals surface area contributed by atoms with Gasteiger partial charge in [-0.1, -0.05) is 0 Å². The molecule has 0 aliphatic carbocycles. The van der Waals surface area contributed by atoms with Crippen LogP contribution in [-0.2, 0) is 0 Å². The lowest BCUT2D eigenvalue weighted by Crippen LogP contribution is -2.25. The predicted molar refractivity (Wildman–Crippen MR) is 98.5 cm³/mol. The molecule has 130 valence electrons. The first kappa shape index (κ1) is 16.4. The Labute approximate surface area is 152 Å². The number of hydrogen-bond acceptors (Lipinski definition) is 4. The molecule has 0 amide bonds. The molecule has 26 heavy (non-hydrogen) atoms. The number of halogens is 2. The van der Waals surface area contributed by atoms with Gasteiger partial charge in [-0.05, 0) is 48.5 Å². The van der Waals surface area contributed by atoms with Gasteiger partial charge in [0, 0.05) is 16.6 Å². The predicted octanol–water partition coefficient (Wildman–Crippen LogP) is 4.85. The Bertz CT molecular complexity index is 1010. The zero-order chi connectivity index (χ0) is 18.3. The molecule has 3 aromatic rings. The number of aliphatic hydroxyl groups excluding tert-OH is 1. The second-order valence-electron chi connectivity index (χ2n) is 5.78. The van der Waals surface area contributed by atoms with Crippen molar-refractivity contribution in [3.63, 3.8) is 0 Å². The van der Waals surface area contributed by atoms with E-state index < -0.39 is 0 Å². The highest BCUT2D eigenvalue weighted by molar-refractivity contribution is 7.11. The van der Waals surface area contributed by atoms with Gasteiger partial charge in [-0.2, -0.15) is 0 Å². The van der Waals surface area contributed by atoms with Crippen LogP contribution in [-0.4, -0.2) is 22.5 Å². The number of benzene rings is 2. The monoisotopic (exact) mass is 369 g/mol. The number of amidine groups is 1. The molecule has 0 saturated heterocycles. The maximum absolute atomic E-state index is 13.1. The maximum atomic E-state index is 13.1. The Kier molecular flexibility index (Phi) is 4.00. The van der Waals surface area contributed by atoms with Crippen LogP contribution in [0.2, 0.25) is 0 Å². The Morgan fingerprint density at radius 3 is 2.27 bits per heavy atom. The van der Waals surface area contributed by atoms with Gasteiger partial charge >= 0.3 is 0 Å². The molecule has 0 fully saturated rings. The summed E-state index contributed by atoms with van der Waals surface area (Å²) in [6.45, 7) is 0.130. The van der Waals surface area contributed by atoms with E-state index in [-0.39, 0.29) is 29.8 Å². The van der Waals surface area contributed by atoms with Gasteiger partial charge in [-0.3, -0.25) is 5.41 Å². The molecule has 1 aliphatic heterocycles. The van der Waals surface area contributed by atoms with Crippen molar-refractivity contribution in [2.24, 2.45) is 0 Å². The van der Waals surface area contributed by atoms with E-state index in [9.17, 15) is 13.9 Å². The van der Waals surface area contributed by atoms with Gasteiger partial charge in [-0.15, -0.1) is 11.3 Å². The lowest BCUT2D eigenvalue weighted by molar-refractivity contribution is 0.411. The first-order valence-electron chi connectivity index (χ1n) is 7.79. The first-order valence-corrected chi connectivity index (χ1v) is 8.67. The van der Waals surface area contributed by atoms with Crippen molar-refractivity contribution in [1.29, 1.82) is 5.41 Å². The fourth-order valence-corrected chi connectivity index (χ4v) is 3.68. The zero-order valence-electron chi connectivity index (χ0n) is 13.4. The molecule has 1 aliphatic rings. The molecule has 7 heteroatoms. The highest BCUT2D eigenvalue weighted by Gasteiger charge is 2.31. The Hall–Kier alpha value is -3.06. The van der Waals surface area contributed by atoms with Crippen LogP contribution in [0.3, 0.4) is 0 Å². The molecule has 0 bridgehead atoms. The molecule has 0 atom stereocenters. The normalized spacial score (nSPS) is 14.4. The van der Waals surface area contributed by atoms with Crippen molar-refractivity contribution in [3.05, 3.63) is 76.3 Å². The van der Waals surface area contributed by atoms with Gasteiger partial charge in [-0.25, -0.2) is 13.8 Å². The summed E-state index contributed by atoms with van der Waals surface area (Å²) in [5.41, 5.74) is 2.38. The number of hydrogen-bond donors (Lipinski definition) is 2. The smallest absolute Gasteiger partial charge is 0.139 e. The number of aliphatic hydroxyl groups is 1. The molecule has 1 aromatic heterocycles. The molecular weight excluding hydrogens is 356 g/mol. The van der Waals surface area contributed by atoms with Crippen LogP contribution in [0.1, 0.15) is 5.01 Å². The Morgan fingerprint density at radius 1 is 1.00 bits per heavy atom. The van der Waals surface area contributed by atoms with E-state index in [1.54, 1.807) is 34.5 Å². The van der Waals surface area contributed by atoms with Crippen LogP contribution in [0.5, 0.6) is 0 Å². The summed E-state index contributed by atoms with van der Waals surface area (Å²) >= 11 is 1.30. The number of nitrogens with one attached hydrogen (secondary N) is 1. The highest BCUT2D eigenvalue weighted by atomic mass is 32.1. The van der Waals surface area contributed by atoms with Gasteiger partial charge in [0.2, 0.25) is 0 Å². The molecule has 0 saturated carbocycles. The van der Waals surface area contributed by atoms with Crippen molar-refractivity contribution >= 4 is 28.4 Å². The zero-order valence-corrected chi connectivity index (χ0v) is 14.2. The molecule has 0 radical (unpaired) electrons. The largest absolute Gasteiger partial charge is 0.510 e. The van der Waals surface area contributed by atoms with Crippen LogP contribution >= 0.6 is 11.3 Å². The highest BCUT2D eigenvalue weighted by Crippen LogP contribution is 2.34. The summed E-state index contributed by atoms with van der Waals surface area (Å²) < 4.78 is 26.2. The summed E-state index contributed by atoms with van der Waals surface area (Å²) in [6.07, 6.45) is 0. The SMILES string of the molecule is N=C1C(c2nc(-c3ccc(F)cc3)cs2)=C(O)CN1c1ccc(F)cc1. The van der Waals surface area contributed by atoms with Gasteiger partial charge in [0.05, 0.1) is 17.8 Å². The van der Waals surface area contributed by atoms with Gasteiger partial charge in [0.25, 0.3) is 0 Å². The summed E-state index contributed by atoms with van der Waals surface area (Å²) in [7, 11) is 0. The third-order valence-corrected chi connectivity index (χ3v) is 4.96. The average Bonchev–Trinajstić information content (AvgIpc) is 3.21. The van der Waals surface area contributed by atoms with E-state index in [0.717, 1.165) is 5.56 Å². The minimum atomic E-state index is -0.360. The molecule has 2 N–H and O–H groups in total. The molecule has 2 aromatic carbocycles. The summed E-state index contributed by atoms with van der Waals surface area (Å²) in [5, 5.41) is 21.1. The molecule has 4 rings (SSSR count). The van der Waals surface area contributed by atoms with Gasteiger partial charge in [0.1, 0.15) is 28.2 Å². The molecular formula is C19H13F2N3OS. The lowest BCUT2D eigenvalue weighted by atomic mass is 10.2. The van der Waals surface area contributed by atoms with E-state index in [4.69, 9.17) is 5.41 Å². The summed E-state index contributed by atoms with van der Waals surface area (Å²) in [4.78, 5) is 6.07. The standard InChI is InChI=1S/C19H13F2N3OS/c20-12-3-1-11(2-4-12)15-10-26-19(23-15)17-16(25)9-24(18(17)22)14-7-5-13(21)6-8-14/h1-8,10,22,25H,9H2. The third-order valence-electron chi connectivity index (χ3n) is 4.10. The Balaban J connectivity index is 1.63. The van der Waals surface area contributed by atoms with Crippen molar-refractivity contribution in [2.75, 3.05) is 11.4 Å². The fraction of sp³-hybridized carbons (Fsp3) is 0.0526. The van der Waals surface area contributed by atoms with E-state index in [2.05, 4.69) is 4.98 Å². The van der Waals surface area contributed by atoms with E-state index in [0.29, 0.717) is 22.0 Å². The van der Waals surface area contributed by atoms with Crippen molar-refractivity contribution in [2.45, 2.75) is 0 Å². The average molecular weight is 369 g/mol. The van der Waals surface area contributed by atoms with E-state index in [1.807, 2.05) is 0 Å². The second-order valence-corrected chi connectivity index (χ2v) is 6.64. The topological polar surface area (TPSA) is 60.2 Å². The minimum Gasteiger partial charge on any atom is -0.510 e. The van der Waals surface area contributed by atoms with Crippen LogP contribution in [0, 0.1) is 17.0 Å². The fourth-order valence-electron chi connectivity index (χ4n) is 2.79. The maximum Gasteiger partial charge on any atom is 0.139 e. The minimum absolute atomic E-state index is 0.0410. The van der Waals surface area contributed by atoms with Gasteiger partial charge in [0.15, 0.2) is 0 Å².